The molecule has 17 heteroatoms. The first-order valence-corrected chi connectivity index (χ1v) is 27.1. The Bertz CT molecular complexity index is 2880. The van der Waals surface area contributed by atoms with Crippen LogP contribution in [0.3, 0.4) is 0 Å². The predicted molar refractivity (Wildman–Crippen MR) is 306 cm³/mol. The first-order chi connectivity index (χ1) is 37.8. The molecule has 0 aromatic heterocycles. The van der Waals surface area contributed by atoms with Crippen LogP contribution in [0.15, 0.2) is 109 Å². The van der Waals surface area contributed by atoms with Gasteiger partial charge in [-0.2, -0.15) is 0 Å². The van der Waals surface area contributed by atoms with Crippen LogP contribution in [0.5, 0.6) is 28.7 Å². The summed E-state index contributed by atoms with van der Waals surface area (Å²) >= 11 is 0. The van der Waals surface area contributed by atoms with Crippen molar-refractivity contribution in [2.75, 3.05) is 80.4 Å². The van der Waals surface area contributed by atoms with Crippen molar-refractivity contribution < 1.29 is 57.4 Å². The highest BCUT2D eigenvalue weighted by Gasteiger charge is 2.40. The summed E-state index contributed by atoms with van der Waals surface area (Å²) in [5.74, 6) is 4.94. The third-order valence-electron chi connectivity index (χ3n) is 14.9. The van der Waals surface area contributed by atoms with Crippen LogP contribution in [0.4, 0.5) is 9.59 Å². The van der Waals surface area contributed by atoms with Crippen LogP contribution in [0.25, 0.3) is 0 Å². The number of nitrogens with one attached hydrogen (secondary N) is 3. The zero-order valence-electron chi connectivity index (χ0n) is 47.0. The molecule has 0 unspecified atom stereocenters. The van der Waals surface area contributed by atoms with Crippen LogP contribution in [0.1, 0.15) is 115 Å². The van der Waals surface area contributed by atoms with E-state index in [0.717, 1.165) is 63.9 Å². The molecule has 4 N–H and O–H groups in total. The third-order valence-corrected chi connectivity index (χ3v) is 14.9. The van der Waals surface area contributed by atoms with Crippen LogP contribution in [-0.2, 0) is 22.6 Å². The fourth-order valence-corrected chi connectivity index (χ4v) is 10.6. The Morgan fingerprint density at radius 2 is 0.887 bits per heavy atom. The van der Waals surface area contributed by atoms with E-state index in [-0.39, 0.29) is 61.7 Å². The molecule has 0 bridgehead atoms. The summed E-state index contributed by atoms with van der Waals surface area (Å²) in [6, 6.07) is 35.4. The molecule has 5 aromatic rings. The Hall–Kier alpha value is -7.50. The number of aliphatic hydroxyl groups is 1. The molecule has 5 aromatic carbocycles. The van der Waals surface area contributed by atoms with Crippen molar-refractivity contribution in [2.24, 2.45) is 17.8 Å². The van der Waals surface area contributed by atoms with E-state index >= 15 is 0 Å². The lowest BCUT2D eigenvalue weighted by molar-refractivity contribution is 0.0272. The fraction of sp³-hybridized carbons (Fsp3) is 0.460. The second-order valence-corrected chi connectivity index (χ2v) is 22.7. The number of hydrogen-bond donors (Lipinski definition) is 4. The Balaban J connectivity index is 0.000000176. The number of ether oxygens (including phenoxy) is 7. The number of fused-ring (bicyclic) bond motifs is 2. The van der Waals surface area contributed by atoms with E-state index in [1.165, 1.54) is 5.56 Å². The Morgan fingerprint density at radius 1 is 0.512 bits per heavy atom. The molecule has 3 fully saturated rings. The van der Waals surface area contributed by atoms with Gasteiger partial charge in [-0.15, -0.1) is 0 Å². The number of nitrogens with zero attached hydrogens (tertiary/aromatic N) is 2. The Labute approximate surface area is 471 Å². The van der Waals surface area contributed by atoms with Crippen molar-refractivity contribution in [1.82, 2.24) is 25.8 Å². The molecule has 17 nitrogen and oxygen atoms in total. The average Bonchev–Trinajstić information content (AvgIpc) is 4.35. The summed E-state index contributed by atoms with van der Waals surface area (Å²) in [7, 11) is 4.95. The number of benzene rings is 5. The highest BCUT2D eigenvalue weighted by molar-refractivity contribution is 5.99. The van der Waals surface area contributed by atoms with Gasteiger partial charge in [-0.3, -0.25) is 9.59 Å². The van der Waals surface area contributed by atoms with Gasteiger partial charge in [-0.1, -0.05) is 56.0 Å². The maximum atomic E-state index is 12.7. The van der Waals surface area contributed by atoms with E-state index in [4.69, 9.17) is 33.2 Å². The molecule has 0 spiro atoms. The lowest BCUT2D eigenvalue weighted by atomic mass is 9.89. The molecule has 4 amide bonds. The van der Waals surface area contributed by atoms with E-state index in [9.17, 15) is 24.3 Å². The normalized spacial score (nSPS) is 20.8. The SMILES string of the molecule is C.COc1ccc([C@@H]2CN(C(=O)OC(C)(C)C)C[C@@H]2CO)cc1.COc1ccc([C@@H]2CN(C(=O)OC(C)(C)C)C[C@@H]2COc2ccc3c(c2)C(=O)NC3)cc1.COc1ccc([C@@H]2CNC[C@@H]2COc2ccc3c(c2)C(=O)NC3)cc1. The number of carbonyl (C=O) groups is 4. The van der Waals surface area contributed by atoms with Crippen LogP contribution in [0.2, 0.25) is 0 Å². The molecule has 0 radical (unpaired) electrons. The van der Waals surface area contributed by atoms with Gasteiger partial charge < -0.3 is 64.0 Å². The van der Waals surface area contributed by atoms with Crippen molar-refractivity contribution in [2.45, 2.75) is 91.0 Å². The Morgan fingerprint density at radius 3 is 1.29 bits per heavy atom. The molecule has 10 rings (SSSR count). The minimum absolute atomic E-state index is 0. The van der Waals surface area contributed by atoms with E-state index in [2.05, 4.69) is 28.1 Å². The second kappa shape index (κ2) is 26.6. The van der Waals surface area contributed by atoms with Crippen molar-refractivity contribution in [3.8, 4) is 28.7 Å². The quantitative estimate of drug-likeness (QED) is 0.0871. The molecule has 0 saturated carbocycles. The molecule has 5 aliphatic heterocycles. The lowest BCUT2D eigenvalue weighted by Gasteiger charge is -2.24. The highest BCUT2D eigenvalue weighted by atomic mass is 16.6. The summed E-state index contributed by atoms with van der Waals surface area (Å²) in [5, 5.41) is 18.7. The second-order valence-electron chi connectivity index (χ2n) is 22.7. The number of amides is 4. The van der Waals surface area contributed by atoms with Crippen molar-refractivity contribution in [1.29, 1.82) is 0 Å². The highest BCUT2D eigenvalue weighted by Crippen LogP contribution is 2.37. The van der Waals surface area contributed by atoms with Gasteiger partial charge in [0, 0.05) is 106 Å². The molecule has 3 saturated heterocycles. The molecule has 6 atom stereocenters. The molecular weight excluding hydrogens is 1020 g/mol. The summed E-state index contributed by atoms with van der Waals surface area (Å²) in [4.78, 5) is 52.1. The third kappa shape index (κ3) is 15.4. The van der Waals surface area contributed by atoms with Gasteiger partial charge in [0.05, 0.1) is 34.5 Å². The van der Waals surface area contributed by atoms with Crippen LogP contribution < -0.4 is 39.6 Å². The van der Waals surface area contributed by atoms with Crippen LogP contribution in [-0.4, -0.2) is 131 Å². The molecule has 80 heavy (non-hydrogen) atoms. The smallest absolute Gasteiger partial charge is 0.410 e. The van der Waals surface area contributed by atoms with Gasteiger partial charge in [0.1, 0.15) is 39.9 Å². The molecule has 5 heterocycles. The maximum absolute atomic E-state index is 12.7. The standard InChI is InChI=1S/C25H30N2O5.C20H22N2O3.C17H25NO4.CH4/c1-25(2,3)32-24(29)27-13-18(22(14-27)16-5-8-19(30-4)9-6-16)15-31-20-10-7-17-12-26-23(28)21(17)11-20;1-24-16-5-2-13(3-6-16)19-11-21-9-15(19)12-25-17-7-4-14-10-22-20(23)18(14)8-17;1-17(2,3)22-16(20)18-9-13(11-19)15(10-18)12-5-7-14(21-4)8-6-12;/h5-11,18,22H,12-15H2,1-4H3,(H,26,28);2-8,15,19,21H,9-12H2,1H3,(H,22,23);5-8,13,15,19H,9-11H2,1-4H3;1H4/t18-,22+;15-,19+;13-,15+;/m111./s1. The number of likely N-dealkylation sites (tertiary alicyclic amines) is 2. The van der Waals surface area contributed by atoms with E-state index in [1.807, 2.05) is 133 Å². The summed E-state index contributed by atoms with van der Waals surface area (Å²) in [6.45, 7) is 17.5. The van der Waals surface area contributed by atoms with Gasteiger partial charge in [0.15, 0.2) is 0 Å². The number of methoxy groups -OCH3 is 3. The van der Waals surface area contributed by atoms with Crippen LogP contribution in [0, 0.1) is 17.8 Å². The van der Waals surface area contributed by atoms with Crippen molar-refractivity contribution >= 4 is 24.0 Å². The first kappa shape index (κ1) is 60.1. The number of carbonyl (C=O) groups excluding carboxylic acids is 4. The topological polar surface area (TPSA) is 196 Å². The van der Waals surface area contributed by atoms with Crippen LogP contribution >= 0.6 is 0 Å². The zero-order chi connectivity index (χ0) is 56.4. The summed E-state index contributed by atoms with van der Waals surface area (Å²) < 4.78 is 38.8. The van der Waals surface area contributed by atoms with E-state index in [1.54, 1.807) is 37.2 Å². The lowest BCUT2D eigenvalue weighted by Crippen LogP contribution is -2.35. The predicted octanol–water partition coefficient (Wildman–Crippen LogP) is 9.56. The van der Waals surface area contributed by atoms with Gasteiger partial charge >= 0.3 is 12.2 Å². The molecule has 5 aliphatic rings. The molecule has 430 valence electrons. The minimum Gasteiger partial charge on any atom is -0.497 e. The van der Waals surface area contributed by atoms with Crippen molar-refractivity contribution in [3.05, 3.63) is 148 Å². The minimum atomic E-state index is -0.549. The van der Waals surface area contributed by atoms with Gasteiger partial charge in [0.2, 0.25) is 0 Å². The van der Waals surface area contributed by atoms with E-state index < -0.39 is 11.2 Å². The number of rotatable bonds is 13. The van der Waals surface area contributed by atoms with Gasteiger partial charge in [-0.05, 0) is 130 Å². The first-order valence-electron chi connectivity index (χ1n) is 27.1. The average molecular weight is 1100 g/mol. The Kier molecular flexibility index (Phi) is 20.0. The summed E-state index contributed by atoms with van der Waals surface area (Å²) in [6.07, 6.45) is -0.630. The van der Waals surface area contributed by atoms with E-state index in [0.29, 0.717) is 75.6 Å². The maximum Gasteiger partial charge on any atom is 0.410 e. The monoisotopic (exact) mass is 1100 g/mol. The zero-order valence-corrected chi connectivity index (χ0v) is 47.0. The molecule has 0 aliphatic carbocycles. The fourth-order valence-electron chi connectivity index (χ4n) is 10.6. The summed E-state index contributed by atoms with van der Waals surface area (Å²) in [5.41, 5.74) is 5.88. The molecular formula is C63H81N5O12. The van der Waals surface area contributed by atoms with Gasteiger partial charge in [-0.25, -0.2) is 9.59 Å². The van der Waals surface area contributed by atoms with Gasteiger partial charge in [0.25, 0.3) is 11.8 Å². The number of hydrogen-bond acceptors (Lipinski definition) is 13. The largest absolute Gasteiger partial charge is 0.497 e. The number of aliphatic hydroxyl groups excluding tert-OH is 1. The van der Waals surface area contributed by atoms with Crippen molar-refractivity contribution in [3.63, 3.8) is 0 Å².